The summed E-state index contributed by atoms with van der Waals surface area (Å²) in [7, 11) is 0. The van der Waals surface area contributed by atoms with Gasteiger partial charge in [-0.3, -0.25) is 9.59 Å². The van der Waals surface area contributed by atoms with Crippen molar-refractivity contribution in [2.24, 2.45) is 5.73 Å². The quantitative estimate of drug-likeness (QED) is 0.703. The van der Waals surface area contributed by atoms with E-state index in [0.717, 1.165) is 0 Å². The van der Waals surface area contributed by atoms with Crippen LogP contribution in [0.3, 0.4) is 0 Å². The molecular weight excluding hydrogens is 329 g/mol. The van der Waals surface area contributed by atoms with Crippen molar-refractivity contribution in [3.05, 3.63) is 49.7 Å². The summed E-state index contributed by atoms with van der Waals surface area (Å²) in [6, 6.07) is 6.03. The maximum Gasteiger partial charge on any atom is 0.289 e. The molecule has 0 aliphatic carbocycles. The fourth-order valence-corrected chi connectivity index (χ4v) is 2.53. The lowest BCUT2D eigenvalue weighted by Gasteiger charge is -2.15. The van der Waals surface area contributed by atoms with Gasteiger partial charge in [0.2, 0.25) is 0 Å². The normalized spacial score (nSPS) is 10.2. The van der Waals surface area contributed by atoms with Crippen LogP contribution in [0, 0.1) is 11.3 Å². The first kappa shape index (κ1) is 15.7. The zero-order chi connectivity index (χ0) is 16.6. The summed E-state index contributed by atoms with van der Waals surface area (Å²) >= 11 is 11.9. The minimum Gasteiger partial charge on any atom is -0.383 e. The molecule has 1 heterocycles. The number of nitriles is 1. The lowest BCUT2D eigenvalue weighted by molar-refractivity contribution is 0.100. The van der Waals surface area contributed by atoms with E-state index in [2.05, 4.69) is 0 Å². The van der Waals surface area contributed by atoms with E-state index in [1.165, 1.54) is 18.2 Å². The van der Waals surface area contributed by atoms with Crippen LogP contribution in [0.1, 0.15) is 15.9 Å². The molecule has 1 aromatic carbocycles. The Hall–Kier alpha value is -2.69. The molecule has 9 heteroatoms. The van der Waals surface area contributed by atoms with Crippen molar-refractivity contribution in [1.82, 2.24) is 4.68 Å². The molecule has 0 bridgehead atoms. The first-order valence-corrected chi connectivity index (χ1v) is 6.54. The SMILES string of the molecule is N#Cc1c(-c2ccc(Cl)cc2Cl)c(C(N)=O)c(N)n(N)c1=O. The first-order chi connectivity index (χ1) is 10.3. The van der Waals surface area contributed by atoms with Crippen molar-refractivity contribution in [2.45, 2.75) is 0 Å². The fourth-order valence-electron chi connectivity index (χ4n) is 2.03. The molecule has 6 N–H and O–H groups in total. The zero-order valence-electron chi connectivity index (χ0n) is 10.9. The Labute approximate surface area is 134 Å². The predicted octanol–water partition coefficient (Wildman–Crippen LogP) is 1.09. The van der Waals surface area contributed by atoms with Gasteiger partial charge in [-0.05, 0) is 12.1 Å². The van der Waals surface area contributed by atoms with Gasteiger partial charge in [0.1, 0.15) is 17.5 Å². The highest BCUT2D eigenvalue weighted by molar-refractivity contribution is 6.36. The van der Waals surface area contributed by atoms with Crippen molar-refractivity contribution in [3.8, 4) is 17.2 Å². The highest BCUT2D eigenvalue weighted by Crippen LogP contribution is 2.35. The Morgan fingerprint density at radius 1 is 1.32 bits per heavy atom. The summed E-state index contributed by atoms with van der Waals surface area (Å²) in [5, 5.41) is 9.71. The van der Waals surface area contributed by atoms with Crippen LogP contribution >= 0.6 is 23.2 Å². The van der Waals surface area contributed by atoms with Crippen LogP contribution in [0.4, 0.5) is 5.82 Å². The largest absolute Gasteiger partial charge is 0.383 e. The van der Waals surface area contributed by atoms with E-state index in [4.69, 9.17) is 40.5 Å². The van der Waals surface area contributed by atoms with Crippen LogP contribution in [0.15, 0.2) is 23.0 Å². The van der Waals surface area contributed by atoms with Gasteiger partial charge in [0.15, 0.2) is 0 Å². The monoisotopic (exact) mass is 337 g/mol. The third-order valence-corrected chi connectivity index (χ3v) is 3.55. The summed E-state index contributed by atoms with van der Waals surface area (Å²) in [5.74, 6) is 4.16. The standard InChI is InChI=1S/C13H9Cl2N5O2/c14-5-1-2-6(8(15)3-5)9-7(4-16)13(22)20(19)11(17)10(9)12(18)21/h1-3H,17,19H2,(H2,18,21). The highest BCUT2D eigenvalue weighted by Gasteiger charge is 2.25. The number of primary amides is 1. The van der Waals surface area contributed by atoms with Gasteiger partial charge in [-0.15, -0.1) is 0 Å². The van der Waals surface area contributed by atoms with Crippen LogP contribution in [0.5, 0.6) is 0 Å². The number of hydrogen-bond acceptors (Lipinski definition) is 5. The molecule has 2 rings (SSSR count). The van der Waals surface area contributed by atoms with Crippen molar-refractivity contribution >= 4 is 34.9 Å². The molecular formula is C13H9Cl2N5O2. The molecule has 0 fully saturated rings. The van der Waals surface area contributed by atoms with Gasteiger partial charge in [-0.25, -0.2) is 4.68 Å². The average molecular weight is 338 g/mol. The number of halogens is 2. The molecule has 112 valence electrons. The molecule has 0 aliphatic heterocycles. The molecule has 0 spiro atoms. The van der Waals surface area contributed by atoms with E-state index in [-0.39, 0.29) is 27.5 Å². The van der Waals surface area contributed by atoms with Gasteiger partial charge in [0.05, 0.1) is 5.56 Å². The number of nitrogens with two attached hydrogens (primary N) is 3. The van der Waals surface area contributed by atoms with Gasteiger partial charge in [-0.1, -0.05) is 29.3 Å². The maximum atomic E-state index is 12.1. The summed E-state index contributed by atoms with van der Waals surface area (Å²) in [6.45, 7) is 0. The van der Waals surface area contributed by atoms with Crippen molar-refractivity contribution in [2.75, 3.05) is 11.6 Å². The van der Waals surface area contributed by atoms with Crippen molar-refractivity contribution < 1.29 is 4.79 Å². The second-order valence-corrected chi connectivity index (χ2v) is 5.13. The number of amides is 1. The Morgan fingerprint density at radius 2 is 1.95 bits per heavy atom. The smallest absolute Gasteiger partial charge is 0.289 e. The van der Waals surface area contributed by atoms with E-state index < -0.39 is 17.0 Å². The molecule has 0 saturated carbocycles. The van der Waals surface area contributed by atoms with Gasteiger partial charge < -0.3 is 17.3 Å². The number of nitrogen functional groups attached to an aromatic ring is 2. The molecule has 0 atom stereocenters. The van der Waals surface area contributed by atoms with Gasteiger partial charge >= 0.3 is 0 Å². The van der Waals surface area contributed by atoms with Crippen LogP contribution in [-0.4, -0.2) is 10.6 Å². The van der Waals surface area contributed by atoms with Crippen LogP contribution in [0.25, 0.3) is 11.1 Å². The molecule has 7 nitrogen and oxygen atoms in total. The summed E-state index contributed by atoms with van der Waals surface area (Å²) in [5.41, 5.74) is 9.62. The minimum atomic E-state index is -0.950. The molecule has 22 heavy (non-hydrogen) atoms. The number of carbonyl (C=O) groups is 1. The number of carbonyl (C=O) groups excluding carboxylic acids is 1. The zero-order valence-corrected chi connectivity index (χ0v) is 12.4. The number of benzene rings is 1. The van der Waals surface area contributed by atoms with E-state index in [1.54, 1.807) is 6.07 Å². The maximum absolute atomic E-state index is 12.1. The number of rotatable bonds is 2. The topological polar surface area (TPSA) is 141 Å². The Bertz CT molecular complexity index is 899. The third kappa shape index (κ3) is 2.35. The Morgan fingerprint density at radius 3 is 2.45 bits per heavy atom. The Balaban J connectivity index is 3.06. The molecule has 1 amide bonds. The van der Waals surface area contributed by atoms with Gasteiger partial charge in [-0.2, -0.15) is 5.26 Å². The van der Waals surface area contributed by atoms with E-state index in [0.29, 0.717) is 9.70 Å². The number of nitrogens with zero attached hydrogens (tertiary/aromatic N) is 2. The number of pyridine rings is 1. The molecule has 1 aromatic heterocycles. The molecule has 0 aliphatic rings. The van der Waals surface area contributed by atoms with Gasteiger partial charge in [0, 0.05) is 21.2 Å². The number of hydrogen-bond donors (Lipinski definition) is 3. The molecule has 2 aromatic rings. The lowest BCUT2D eigenvalue weighted by atomic mass is 9.95. The average Bonchev–Trinajstić information content (AvgIpc) is 2.44. The number of anilines is 1. The molecule has 0 radical (unpaired) electrons. The van der Waals surface area contributed by atoms with E-state index in [9.17, 15) is 14.9 Å². The lowest BCUT2D eigenvalue weighted by Crippen LogP contribution is -2.35. The summed E-state index contributed by atoms with van der Waals surface area (Å²) in [4.78, 5) is 23.8. The van der Waals surface area contributed by atoms with Crippen LogP contribution in [0.2, 0.25) is 10.0 Å². The highest BCUT2D eigenvalue weighted by atomic mass is 35.5. The van der Waals surface area contributed by atoms with E-state index >= 15 is 0 Å². The summed E-state index contributed by atoms with van der Waals surface area (Å²) < 4.78 is 0.492. The second kappa shape index (κ2) is 5.60. The minimum absolute atomic E-state index is 0.0686. The fraction of sp³-hybridized carbons (Fsp3) is 0. The van der Waals surface area contributed by atoms with Crippen LogP contribution < -0.4 is 22.9 Å². The first-order valence-electron chi connectivity index (χ1n) is 5.78. The predicted molar refractivity (Wildman–Crippen MR) is 84.0 cm³/mol. The van der Waals surface area contributed by atoms with Crippen LogP contribution in [-0.2, 0) is 0 Å². The Kier molecular flexibility index (Phi) is 3.99. The second-order valence-electron chi connectivity index (χ2n) is 4.29. The molecule has 0 saturated heterocycles. The van der Waals surface area contributed by atoms with Crippen molar-refractivity contribution in [1.29, 1.82) is 5.26 Å². The third-order valence-electron chi connectivity index (χ3n) is 3.01. The number of aromatic nitrogens is 1. The van der Waals surface area contributed by atoms with E-state index in [1.807, 2.05) is 0 Å². The molecule has 0 unspecified atom stereocenters. The van der Waals surface area contributed by atoms with Gasteiger partial charge in [0.25, 0.3) is 11.5 Å². The van der Waals surface area contributed by atoms with Crippen molar-refractivity contribution in [3.63, 3.8) is 0 Å². The summed E-state index contributed by atoms with van der Waals surface area (Å²) in [6.07, 6.45) is 0.